The molecular weight excluding hydrogens is 436 g/mol. The summed E-state index contributed by atoms with van der Waals surface area (Å²) in [5.41, 5.74) is 0.729. The third-order valence-electron chi connectivity index (χ3n) is 6.67. The van der Waals surface area contributed by atoms with Crippen LogP contribution in [0.15, 0.2) is 22.7 Å². The summed E-state index contributed by atoms with van der Waals surface area (Å²) in [7, 11) is 1.58. The highest BCUT2D eigenvalue weighted by atomic mass is 16.5. The number of benzene rings is 1. The molecule has 1 saturated carbocycles. The van der Waals surface area contributed by atoms with Crippen LogP contribution in [0.3, 0.4) is 0 Å². The second-order valence-corrected chi connectivity index (χ2v) is 8.88. The van der Waals surface area contributed by atoms with Crippen LogP contribution in [0, 0.1) is 5.92 Å². The summed E-state index contributed by atoms with van der Waals surface area (Å²) in [6.45, 7) is 5.21. The zero-order valence-corrected chi connectivity index (χ0v) is 20.3. The van der Waals surface area contributed by atoms with E-state index in [0.29, 0.717) is 36.4 Å². The van der Waals surface area contributed by atoms with Crippen molar-refractivity contribution in [1.29, 1.82) is 0 Å². The molecule has 3 amide bonds. The van der Waals surface area contributed by atoms with E-state index in [1.54, 1.807) is 18.1 Å². The van der Waals surface area contributed by atoms with E-state index in [4.69, 9.17) is 14.0 Å². The molecule has 34 heavy (non-hydrogen) atoms. The highest BCUT2D eigenvalue weighted by Crippen LogP contribution is 2.36. The summed E-state index contributed by atoms with van der Waals surface area (Å²) < 4.78 is 16.5. The molecule has 4 rings (SSSR count). The largest absolute Gasteiger partial charge is 0.493 e. The van der Waals surface area contributed by atoms with Crippen LogP contribution in [0.1, 0.15) is 64.7 Å². The number of carbonyl (C=O) groups excluding carboxylic acids is 2. The van der Waals surface area contributed by atoms with Crippen LogP contribution < -0.4 is 9.47 Å². The maximum atomic E-state index is 13.4. The zero-order valence-electron chi connectivity index (χ0n) is 20.3. The monoisotopic (exact) mass is 470 g/mol. The van der Waals surface area contributed by atoms with E-state index in [9.17, 15) is 9.59 Å². The number of fused-ring (bicyclic) bond motifs is 1. The molecule has 1 aromatic carbocycles. The number of nitrogens with zero attached hydrogens (tertiary/aromatic N) is 4. The zero-order chi connectivity index (χ0) is 24.1. The van der Waals surface area contributed by atoms with Gasteiger partial charge in [0.1, 0.15) is 6.54 Å². The summed E-state index contributed by atoms with van der Waals surface area (Å²) in [6.07, 6.45) is 6.51. The average molecular weight is 471 g/mol. The van der Waals surface area contributed by atoms with Crippen molar-refractivity contribution in [3.05, 3.63) is 24.1 Å². The molecule has 0 spiro atoms. The second kappa shape index (κ2) is 10.9. The minimum absolute atomic E-state index is 0.0187. The van der Waals surface area contributed by atoms with Gasteiger partial charge in [-0.25, -0.2) is 4.79 Å². The van der Waals surface area contributed by atoms with E-state index in [1.807, 2.05) is 19.1 Å². The van der Waals surface area contributed by atoms with Crippen molar-refractivity contribution in [2.45, 2.75) is 71.4 Å². The Bertz CT molecular complexity index is 1010. The number of amides is 3. The quantitative estimate of drug-likeness (QED) is 0.466. The van der Waals surface area contributed by atoms with Gasteiger partial charge in [-0.15, -0.1) is 0 Å². The minimum Gasteiger partial charge on any atom is -0.493 e. The molecule has 1 saturated heterocycles. The Labute approximate surface area is 200 Å². The molecule has 2 heterocycles. The summed E-state index contributed by atoms with van der Waals surface area (Å²) in [5, 5.41) is 4.13. The standard InChI is InChI=1S/C25H34N4O5/c1-4-6-9-14-28-24(30)18-10-7-8-11-19(18)29(25(28)31)16-22-26-23(27-34-22)17-12-13-20(33-5-2)21(15-17)32-3/h12-13,15,18-19H,4-11,14,16H2,1-3H3. The van der Waals surface area contributed by atoms with E-state index in [1.165, 1.54) is 4.90 Å². The van der Waals surface area contributed by atoms with Gasteiger partial charge in [-0.3, -0.25) is 9.69 Å². The van der Waals surface area contributed by atoms with Gasteiger partial charge in [-0.2, -0.15) is 4.98 Å². The van der Waals surface area contributed by atoms with Gasteiger partial charge in [-0.1, -0.05) is 37.8 Å². The maximum Gasteiger partial charge on any atom is 0.327 e. The van der Waals surface area contributed by atoms with Gasteiger partial charge < -0.3 is 18.9 Å². The Balaban J connectivity index is 1.54. The number of ether oxygens (including phenoxy) is 2. The average Bonchev–Trinajstić information content (AvgIpc) is 3.33. The van der Waals surface area contributed by atoms with Crippen molar-refractivity contribution in [3.63, 3.8) is 0 Å². The molecule has 184 valence electrons. The molecule has 0 radical (unpaired) electrons. The van der Waals surface area contributed by atoms with Gasteiger partial charge >= 0.3 is 6.03 Å². The smallest absolute Gasteiger partial charge is 0.327 e. The molecule has 1 aliphatic carbocycles. The number of rotatable bonds is 10. The first-order chi connectivity index (χ1) is 16.6. The number of urea groups is 1. The fraction of sp³-hybridized carbons (Fsp3) is 0.600. The van der Waals surface area contributed by atoms with Crippen molar-refractivity contribution in [2.75, 3.05) is 20.3 Å². The lowest BCUT2D eigenvalue weighted by atomic mass is 9.81. The van der Waals surface area contributed by atoms with Crippen LogP contribution in [0.25, 0.3) is 11.4 Å². The molecule has 2 unspecified atom stereocenters. The molecule has 0 bridgehead atoms. The molecular formula is C25H34N4O5. The maximum absolute atomic E-state index is 13.4. The Morgan fingerprint density at radius 1 is 1.12 bits per heavy atom. The van der Waals surface area contributed by atoms with Crippen molar-refractivity contribution < 1.29 is 23.6 Å². The Kier molecular flexibility index (Phi) is 7.70. The Hall–Kier alpha value is -3.10. The van der Waals surface area contributed by atoms with Gasteiger partial charge in [0.2, 0.25) is 17.6 Å². The van der Waals surface area contributed by atoms with Gasteiger partial charge in [0.15, 0.2) is 11.5 Å². The topological polar surface area (TPSA) is 98.0 Å². The highest BCUT2D eigenvalue weighted by molar-refractivity contribution is 5.98. The fourth-order valence-electron chi connectivity index (χ4n) is 4.94. The lowest BCUT2D eigenvalue weighted by molar-refractivity contribution is -0.141. The van der Waals surface area contributed by atoms with Crippen LogP contribution in [-0.4, -0.2) is 58.2 Å². The third kappa shape index (κ3) is 4.88. The molecule has 9 nitrogen and oxygen atoms in total. The van der Waals surface area contributed by atoms with Crippen LogP contribution in [0.4, 0.5) is 4.79 Å². The number of imide groups is 1. The number of hydrogen-bond acceptors (Lipinski definition) is 7. The van der Waals surface area contributed by atoms with Crippen molar-refractivity contribution in [2.24, 2.45) is 5.92 Å². The SMILES string of the molecule is CCCCCN1C(=O)C2CCCCC2N(Cc2nc(-c3ccc(OCC)c(OC)c3)no2)C1=O. The van der Waals surface area contributed by atoms with Crippen molar-refractivity contribution in [3.8, 4) is 22.9 Å². The Morgan fingerprint density at radius 2 is 1.94 bits per heavy atom. The molecule has 9 heteroatoms. The van der Waals surface area contributed by atoms with E-state index in [-0.39, 0.29) is 30.4 Å². The van der Waals surface area contributed by atoms with Gasteiger partial charge in [0.25, 0.3) is 0 Å². The first-order valence-corrected chi connectivity index (χ1v) is 12.3. The number of carbonyl (C=O) groups is 2. The van der Waals surface area contributed by atoms with Crippen molar-refractivity contribution >= 4 is 11.9 Å². The summed E-state index contributed by atoms with van der Waals surface area (Å²) in [5.74, 6) is 1.83. The molecule has 1 aromatic heterocycles. The van der Waals surface area contributed by atoms with Crippen LogP contribution in [0.5, 0.6) is 11.5 Å². The predicted molar refractivity (Wildman–Crippen MR) is 125 cm³/mol. The van der Waals surface area contributed by atoms with Crippen LogP contribution in [0.2, 0.25) is 0 Å². The number of aromatic nitrogens is 2. The lowest BCUT2D eigenvalue weighted by Crippen LogP contribution is -2.62. The first kappa shape index (κ1) is 24.0. The summed E-state index contributed by atoms with van der Waals surface area (Å²) >= 11 is 0. The highest BCUT2D eigenvalue weighted by Gasteiger charge is 2.47. The number of methoxy groups -OCH3 is 1. The van der Waals surface area contributed by atoms with Gasteiger partial charge in [-0.05, 0) is 44.4 Å². The Morgan fingerprint density at radius 3 is 2.71 bits per heavy atom. The van der Waals surface area contributed by atoms with Gasteiger partial charge in [0, 0.05) is 18.2 Å². The molecule has 2 aromatic rings. The lowest BCUT2D eigenvalue weighted by Gasteiger charge is -2.46. The molecule has 0 N–H and O–H groups in total. The fourth-order valence-corrected chi connectivity index (χ4v) is 4.94. The molecule has 2 fully saturated rings. The molecule has 2 aliphatic rings. The van der Waals surface area contributed by atoms with E-state index >= 15 is 0 Å². The van der Waals surface area contributed by atoms with Crippen LogP contribution >= 0.6 is 0 Å². The summed E-state index contributed by atoms with van der Waals surface area (Å²) in [6, 6.07) is 5.11. The van der Waals surface area contributed by atoms with E-state index < -0.39 is 0 Å². The number of hydrogen-bond donors (Lipinski definition) is 0. The van der Waals surface area contributed by atoms with E-state index in [2.05, 4.69) is 17.1 Å². The molecule has 1 aliphatic heterocycles. The van der Waals surface area contributed by atoms with E-state index in [0.717, 1.165) is 50.5 Å². The van der Waals surface area contributed by atoms with Crippen LogP contribution in [-0.2, 0) is 11.3 Å². The second-order valence-electron chi connectivity index (χ2n) is 8.88. The number of unbranched alkanes of at least 4 members (excludes halogenated alkanes) is 2. The first-order valence-electron chi connectivity index (χ1n) is 12.3. The predicted octanol–water partition coefficient (Wildman–Crippen LogP) is 4.66. The minimum atomic E-state index is -0.244. The normalized spacial score (nSPS) is 20.4. The summed E-state index contributed by atoms with van der Waals surface area (Å²) in [4.78, 5) is 34.2. The van der Waals surface area contributed by atoms with Crippen molar-refractivity contribution in [1.82, 2.24) is 19.9 Å². The van der Waals surface area contributed by atoms with Gasteiger partial charge in [0.05, 0.1) is 19.6 Å². The molecule has 2 atom stereocenters. The third-order valence-corrected chi connectivity index (χ3v) is 6.67.